The van der Waals surface area contributed by atoms with Gasteiger partial charge >= 0.3 is 5.97 Å². The zero-order valence-corrected chi connectivity index (χ0v) is 18.2. The number of pyridine rings is 1. The highest BCUT2D eigenvalue weighted by Crippen LogP contribution is 2.36. The Bertz CT molecular complexity index is 1120. The zero-order chi connectivity index (χ0) is 21.8. The molecule has 5 N–H and O–H groups in total. The molecule has 3 rings (SSSR count). The number of carbonyl (C=O) groups excluding carboxylic acids is 1. The van der Waals surface area contributed by atoms with E-state index >= 15 is 0 Å². The predicted molar refractivity (Wildman–Crippen MR) is 119 cm³/mol. The van der Waals surface area contributed by atoms with Crippen molar-refractivity contribution in [2.45, 2.75) is 0 Å². The van der Waals surface area contributed by atoms with E-state index in [1.807, 2.05) is 0 Å². The van der Waals surface area contributed by atoms with Crippen LogP contribution in [-0.4, -0.2) is 40.9 Å². The first-order chi connectivity index (χ1) is 14.3. The maximum Gasteiger partial charge on any atom is 0.341 e. The molecule has 156 valence electrons. The summed E-state index contributed by atoms with van der Waals surface area (Å²) in [5.41, 5.74) is 1.47. The van der Waals surface area contributed by atoms with Crippen LogP contribution in [0.5, 0.6) is 0 Å². The van der Waals surface area contributed by atoms with Gasteiger partial charge in [0, 0.05) is 18.8 Å². The van der Waals surface area contributed by atoms with E-state index in [-0.39, 0.29) is 11.4 Å². The number of halogens is 2. The number of nitrogens with two attached hydrogens (primary N) is 2. The number of methoxy groups -OCH3 is 1. The molecule has 0 atom stereocenters. The summed E-state index contributed by atoms with van der Waals surface area (Å²) in [4.78, 5) is 21.4. The maximum absolute atomic E-state index is 12.0. The van der Waals surface area contributed by atoms with Gasteiger partial charge in [0.2, 0.25) is 0 Å². The number of nitrogens with zero attached hydrogens (tertiary/aromatic N) is 4. The van der Waals surface area contributed by atoms with Crippen molar-refractivity contribution in [1.82, 2.24) is 15.0 Å². The molecule has 0 spiro atoms. The first-order valence-electron chi connectivity index (χ1n) is 8.39. The number of carbonyl (C=O) groups is 1. The van der Waals surface area contributed by atoms with Gasteiger partial charge in [-0.15, -0.1) is 0 Å². The molecule has 30 heavy (non-hydrogen) atoms. The normalized spacial score (nSPS) is 11.3. The van der Waals surface area contributed by atoms with Crippen LogP contribution in [-0.2, 0) is 4.74 Å². The van der Waals surface area contributed by atoms with Gasteiger partial charge in [-0.2, -0.15) is 5.10 Å². The fourth-order valence-corrected chi connectivity index (χ4v) is 3.88. The number of hydrogen-bond donors (Lipinski definition) is 3. The van der Waals surface area contributed by atoms with Gasteiger partial charge in [0.15, 0.2) is 11.0 Å². The summed E-state index contributed by atoms with van der Waals surface area (Å²) in [5.74, 6) is 11.5. The summed E-state index contributed by atoms with van der Waals surface area (Å²) in [7, 11) is 2.90. The molecule has 12 heteroatoms. The van der Waals surface area contributed by atoms with Gasteiger partial charge in [-0.3, -0.25) is 5.01 Å². The summed E-state index contributed by atoms with van der Waals surface area (Å²) in [5, 5.41) is 9.30. The lowest BCUT2D eigenvalue weighted by Crippen LogP contribution is -2.34. The molecule has 0 radical (unpaired) electrons. The average Bonchev–Trinajstić information content (AvgIpc) is 3.13. The number of benzene rings is 1. The second-order valence-electron chi connectivity index (χ2n) is 5.91. The number of thiazole rings is 1. The van der Waals surface area contributed by atoms with Crippen LogP contribution in [0.25, 0.3) is 11.3 Å². The summed E-state index contributed by atoms with van der Waals surface area (Å²) in [6.45, 7) is 0. The number of amidine groups is 1. The van der Waals surface area contributed by atoms with E-state index < -0.39 is 5.97 Å². The van der Waals surface area contributed by atoms with Crippen LogP contribution in [0.15, 0.2) is 41.6 Å². The molecule has 0 fully saturated rings. The third kappa shape index (κ3) is 4.46. The van der Waals surface area contributed by atoms with E-state index in [4.69, 9.17) is 39.6 Å². The quantitative estimate of drug-likeness (QED) is 0.171. The van der Waals surface area contributed by atoms with Gasteiger partial charge in [-0.1, -0.05) is 40.6 Å². The molecule has 3 aromatic rings. The Morgan fingerprint density at radius 1 is 1.30 bits per heavy atom. The van der Waals surface area contributed by atoms with E-state index in [1.54, 1.807) is 43.6 Å². The van der Waals surface area contributed by atoms with Gasteiger partial charge < -0.3 is 15.9 Å². The molecule has 0 saturated carbocycles. The molecule has 1 aromatic carbocycles. The number of hydrazone groups is 1. The monoisotopic (exact) mass is 465 g/mol. The fourth-order valence-electron chi connectivity index (χ4n) is 2.55. The number of aromatic nitrogens is 2. The number of rotatable bonds is 5. The highest BCUT2D eigenvalue weighted by molar-refractivity contribution is 7.18. The molecular weight excluding hydrogens is 449 g/mol. The highest BCUT2D eigenvalue weighted by atomic mass is 35.5. The van der Waals surface area contributed by atoms with Crippen LogP contribution in [0.3, 0.4) is 0 Å². The molecule has 0 saturated heterocycles. The Kier molecular flexibility index (Phi) is 6.73. The Balaban J connectivity index is 2.11. The predicted octanol–water partition coefficient (Wildman–Crippen LogP) is 3.47. The molecule has 9 nitrogen and oxygen atoms in total. The van der Waals surface area contributed by atoms with Crippen molar-refractivity contribution in [3.8, 4) is 11.3 Å². The van der Waals surface area contributed by atoms with Gasteiger partial charge in [-0.05, 0) is 24.3 Å². The second kappa shape index (κ2) is 9.26. The Hall–Kier alpha value is -2.92. The second-order valence-corrected chi connectivity index (χ2v) is 7.72. The van der Waals surface area contributed by atoms with Crippen LogP contribution in [0.2, 0.25) is 10.0 Å². The summed E-state index contributed by atoms with van der Waals surface area (Å²) in [6.07, 6.45) is 1.55. The van der Waals surface area contributed by atoms with Gasteiger partial charge in [-0.25, -0.2) is 20.6 Å². The number of anilines is 2. The standard InChI is InChI=1S/C18H17Cl2N7O2S/c1-27(22)16(26-21)14-13(9-5-6-11(19)12(20)8-9)24-18(30-14)25-15-10(17(28)29-2)4-3-7-23-15/h3-8H,21-22H2,1-2H3,(H,23,24,25)/b26-16-. The third-order valence-corrected chi connectivity index (χ3v) is 5.62. The smallest absolute Gasteiger partial charge is 0.341 e. The van der Waals surface area contributed by atoms with Crippen LogP contribution < -0.4 is 17.0 Å². The van der Waals surface area contributed by atoms with Gasteiger partial charge in [0.05, 0.1) is 22.8 Å². The fraction of sp³-hybridized carbons (Fsp3) is 0.111. The topological polar surface area (TPSA) is 132 Å². The van der Waals surface area contributed by atoms with Crippen molar-refractivity contribution >= 4 is 57.3 Å². The number of hydrogen-bond acceptors (Lipinski definition) is 9. The first-order valence-corrected chi connectivity index (χ1v) is 9.96. The van der Waals surface area contributed by atoms with Crippen molar-refractivity contribution in [2.75, 3.05) is 19.5 Å². The third-order valence-electron chi connectivity index (χ3n) is 3.92. The summed E-state index contributed by atoms with van der Waals surface area (Å²) < 4.78 is 4.80. The number of esters is 1. The minimum absolute atomic E-state index is 0.261. The molecule has 0 unspecified atom stereocenters. The van der Waals surface area contributed by atoms with Crippen molar-refractivity contribution in [2.24, 2.45) is 16.8 Å². The van der Waals surface area contributed by atoms with Crippen LogP contribution in [0.4, 0.5) is 10.9 Å². The highest BCUT2D eigenvalue weighted by Gasteiger charge is 2.22. The lowest BCUT2D eigenvalue weighted by Gasteiger charge is -2.13. The summed E-state index contributed by atoms with van der Waals surface area (Å²) >= 11 is 13.4. The molecule has 2 aromatic heterocycles. The lowest BCUT2D eigenvalue weighted by molar-refractivity contribution is 0.0601. The lowest BCUT2D eigenvalue weighted by atomic mass is 10.1. The van der Waals surface area contributed by atoms with Crippen LogP contribution in [0.1, 0.15) is 15.2 Å². The summed E-state index contributed by atoms with van der Waals surface area (Å²) in [6, 6.07) is 8.33. The van der Waals surface area contributed by atoms with E-state index in [0.717, 1.165) is 0 Å². The van der Waals surface area contributed by atoms with E-state index in [9.17, 15) is 4.79 Å². The van der Waals surface area contributed by atoms with Crippen molar-refractivity contribution < 1.29 is 9.53 Å². The first kappa shape index (κ1) is 21.8. The van der Waals surface area contributed by atoms with E-state index in [0.29, 0.717) is 37.1 Å². The SMILES string of the molecule is COC(=O)c1cccnc1Nc1nc(-c2ccc(Cl)c(Cl)c2)c(/C(=N/N)N(C)N)s1. The Morgan fingerprint density at radius 2 is 2.07 bits per heavy atom. The number of hydrazine groups is 1. The van der Waals surface area contributed by atoms with Crippen molar-refractivity contribution in [3.05, 3.63) is 57.0 Å². The molecule has 0 amide bonds. The molecule has 0 aliphatic carbocycles. The average molecular weight is 466 g/mol. The van der Waals surface area contributed by atoms with Crippen LogP contribution >= 0.6 is 34.5 Å². The van der Waals surface area contributed by atoms with Gasteiger partial charge in [0.1, 0.15) is 16.3 Å². The minimum atomic E-state index is -0.530. The number of ether oxygens (including phenoxy) is 1. The molecule has 2 heterocycles. The molecular formula is C18H17Cl2N7O2S. The maximum atomic E-state index is 12.0. The minimum Gasteiger partial charge on any atom is -0.465 e. The zero-order valence-electron chi connectivity index (χ0n) is 15.9. The van der Waals surface area contributed by atoms with Crippen molar-refractivity contribution in [1.29, 1.82) is 0 Å². The Labute approximate surface area is 186 Å². The molecule has 0 bridgehead atoms. The van der Waals surface area contributed by atoms with Crippen LogP contribution in [0, 0.1) is 0 Å². The molecule has 0 aliphatic rings. The van der Waals surface area contributed by atoms with Gasteiger partial charge in [0.25, 0.3) is 0 Å². The van der Waals surface area contributed by atoms with E-state index in [1.165, 1.54) is 23.5 Å². The van der Waals surface area contributed by atoms with E-state index in [2.05, 4.69) is 20.4 Å². The Morgan fingerprint density at radius 3 is 2.70 bits per heavy atom. The van der Waals surface area contributed by atoms with Crippen molar-refractivity contribution in [3.63, 3.8) is 0 Å². The molecule has 0 aliphatic heterocycles. The number of nitrogens with one attached hydrogen (secondary N) is 1. The largest absolute Gasteiger partial charge is 0.465 e.